The average molecular weight is 311 g/mol. The van der Waals surface area contributed by atoms with Gasteiger partial charge in [-0.15, -0.1) is 0 Å². The molecule has 1 aliphatic carbocycles. The van der Waals surface area contributed by atoms with Gasteiger partial charge < -0.3 is 10.3 Å². The third-order valence-corrected chi connectivity index (χ3v) is 6.16. The smallest absolute Gasteiger partial charge is 0.244 e. The predicted molar refractivity (Wildman–Crippen MR) is 82.4 cm³/mol. The van der Waals surface area contributed by atoms with E-state index in [2.05, 4.69) is 24.1 Å². The minimum atomic E-state index is -3.36. The molecule has 1 saturated heterocycles. The summed E-state index contributed by atoms with van der Waals surface area (Å²) in [5.74, 6) is 0.858. The molecule has 1 aromatic heterocycles. The van der Waals surface area contributed by atoms with Gasteiger partial charge in [-0.2, -0.15) is 4.31 Å². The molecule has 2 unspecified atom stereocenters. The molecule has 1 aromatic rings. The summed E-state index contributed by atoms with van der Waals surface area (Å²) >= 11 is 0. The van der Waals surface area contributed by atoms with Crippen LogP contribution in [0.4, 0.5) is 0 Å². The molecule has 2 heterocycles. The summed E-state index contributed by atoms with van der Waals surface area (Å²) < 4.78 is 27.1. The molecule has 2 aliphatic rings. The van der Waals surface area contributed by atoms with Crippen molar-refractivity contribution in [2.24, 2.45) is 11.8 Å². The summed E-state index contributed by atoms with van der Waals surface area (Å²) in [6, 6.07) is 2.39. The fourth-order valence-electron chi connectivity index (χ4n) is 3.16. The Bertz CT molecular complexity index is 582. The highest BCUT2D eigenvalue weighted by Crippen LogP contribution is 2.27. The molecule has 1 saturated carbocycles. The second-order valence-corrected chi connectivity index (χ2v) is 8.72. The lowest BCUT2D eigenvalue weighted by Crippen LogP contribution is -2.42. The lowest BCUT2D eigenvalue weighted by Gasteiger charge is -2.33. The van der Waals surface area contributed by atoms with E-state index < -0.39 is 10.0 Å². The van der Waals surface area contributed by atoms with Crippen LogP contribution in [0.2, 0.25) is 0 Å². The van der Waals surface area contributed by atoms with Crippen LogP contribution < -0.4 is 5.32 Å². The standard InChI is InChI=1S/C15H25N3O2S/c1-11-5-12(2)10-18(9-11)21(19,20)15-6-14(17-8-15)7-16-13-3-4-13/h6,8,11-13,16-17H,3-5,7,9-10H2,1-2H3. The lowest BCUT2D eigenvalue weighted by molar-refractivity contribution is 0.222. The Morgan fingerprint density at radius 1 is 1.29 bits per heavy atom. The van der Waals surface area contributed by atoms with Crippen LogP contribution in [0.1, 0.15) is 38.8 Å². The number of sulfonamides is 1. The predicted octanol–water partition coefficient (Wildman–Crippen LogP) is 1.93. The number of rotatable bonds is 5. The summed E-state index contributed by atoms with van der Waals surface area (Å²) in [5, 5.41) is 3.39. The summed E-state index contributed by atoms with van der Waals surface area (Å²) in [4.78, 5) is 3.49. The zero-order valence-electron chi connectivity index (χ0n) is 12.8. The maximum absolute atomic E-state index is 12.7. The van der Waals surface area contributed by atoms with E-state index in [9.17, 15) is 8.42 Å². The molecule has 6 heteroatoms. The normalized spacial score (nSPS) is 27.9. The van der Waals surface area contributed by atoms with Crippen LogP contribution >= 0.6 is 0 Å². The van der Waals surface area contributed by atoms with Crippen molar-refractivity contribution in [3.05, 3.63) is 18.0 Å². The van der Waals surface area contributed by atoms with Gasteiger partial charge in [-0.05, 0) is 37.2 Å². The Balaban J connectivity index is 1.71. The van der Waals surface area contributed by atoms with Gasteiger partial charge in [0.05, 0.1) is 4.90 Å². The van der Waals surface area contributed by atoms with Crippen molar-refractivity contribution >= 4 is 10.0 Å². The number of H-pyrrole nitrogens is 1. The topological polar surface area (TPSA) is 65.2 Å². The van der Waals surface area contributed by atoms with Crippen molar-refractivity contribution in [1.29, 1.82) is 0 Å². The summed E-state index contributed by atoms with van der Waals surface area (Å²) in [6.45, 7) is 6.23. The van der Waals surface area contributed by atoms with Crippen LogP contribution in [0.15, 0.2) is 17.2 Å². The highest BCUT2D eigenvalue weighted by atomic mass is 32.2. The first-order chi connectivity index (χ1) is 9.95. The van der Waals surface area contributed by atoms with Gasteiger partial charge >= 0.3 is 0 Å². The lowest BCUT2D eigenvalue weighted by atomic mass is 9.94. The van der Waals surface area contributed by atoms with E-state index in [4.69, 9.17) is 0 Å². The second-order valence-electron chi connectivity index (χ2n) is 6.78. The number of aromatic amines is 1. The summed E-state index contributed by atoms with van der Waals surface area (Å²) in [7, 11) is -3.36. The van der Waals surface area contributed by atoms with E-state index in [1.54, 1.807) is 16.6 Å². The van der Waals surface area contributed by atoms with Gasteiger partial charge in [-0.25, -0.2) is 8.42 Å². The van der Waals surface area contributed by atoms with E-state index in [1.165, 1.54) is 12.8 Å². The van der Waals surface area contributed by atoms with Crippen LogP contribution in [-0.4, -0.2) is 36.8 Å². The van der Waals surface area contributed by atoms with Gasteiger partial charge in [0.1, 0.15) is 0 Å². The molecular formula is C15H25N3O2S. The summed E-state index contributed by atoms with van der Waals surface area (Å²) in [5.41, 5.74) is 0.943. The van der Waals surface area contributed by atoms with Gasteiger partial charge in [-0.3, -0.25) is 0 Å². The van der Waals surface area contributed by atoms with E-state index in [0.29, 0.717) is 42.4 Å². The average Bonchev–Trinajstić information content (AvgIpc) is 3.11. The molecule has 0 aromatic carbocycles. The van der Waals surface area contributed by atoms with Crippen molar-refractivity contribution in [1.82, 2.24) is 14.6 Å². The number of nitrogens with zero attached hydrogens (tertiary/aromatic N) is 1. The third-order valence-electron chi connectivity index (χ3n) is 4.35. The van der Waals surface area contributed by atoms with Gasteiger partial charge in [0.15, 0.2) is 0 Å². The Kier molecular flexibility index (Phi) is 4.12. The number of nitrogens with one attached hydrogen (secondary N) is 2. The van der Waals surface area contributed by atoms with E-state index in [1.807, 2.05) is 0 Å². The van der Waals surface area contributed by atoms with Crippen molar-refractivity contribution in [2.45, 2.75) is 50.6 Å². The van der Waals surface area contributed by atoms with Crippen LogP contribution in [0.3, 0.4) is 0 Å². The van der Waals surface area contributed by atoms with E-state index in [-0.39, 0.29) is 0 Å². The minimum absolute atomic E-state index is 0.399. The molecule has 0 amide bonds. The zero-order valence-corrected chi connectivity index (χ0v) is 13.6. The van der Waals surface area contributed by atoms with Gasteiger partial charge in [0.2, 0.25) is 10.0 Å². The Morgan fingerprint density at radius 2 is 1.95 bits per heavy atom. The maximum Gasteiger partial charge on any atom is 0.244 e. The third kappa shape index (κ3) is 3.49. The second kappa shape index (κ2) is 5.74. The van der Waals surface area contributed by atoms with Crippen LogP contribution in [0.5, 0.6) is 0 Å². The van der Waals surface area contributed by atoms with Gasteiger partial charge in [0, 0.05) is 37.6 Å². The largest absolute Gasteiger partial charge is 0.363 e. The van der Waals surface area contributed by atoms with Crippen LogP contribution in [0.25, 0.3) is 0 Å². The first kappa shape index (κ1) is 15.1. The first-order valence-electron chi connectivity index (χ1n) is 7.86. The molecule has 118 valence electrons. The number of piperidine rings is 1. The molecular weight excluding hydrogens is 286 g/mol. The molecule has 21 heavy (non-hydrogen) atoms. The number of aromatic nitrogens is 1. The summed E-state index contributed by atoms with van der Waals surface area (Å²) in [6.07, 6.45) is 5.20. The van der Waals surface area contributed by atoms with Gasteiger partial charge in [-0.1, -0.05) is 13.8 Å². The van der Waals surface area contributed by atoms with Crippen LogP contribution in [-0.2, 0) is 16.6 Å². The molecule has 1 aliphatic heterocycles. The van der Waals surface area contributed by atoms with Gasteiger partial charge in [0.25, 0.3) is 0 Å². The SMILES string of the molecule is CC1CC(C)CN(S(=O)(=O)c2c[nH]c(CNC3CC3)c2)C1. The Morgan fingerprint density at radius 3 is 2.57 bits per heavy atom. The molecule has 0 radical (unpaired) electrons. The molecule has 0 bridgehead atoms. The fourth-order valence-corrected chi connectivity index (χ4v) is 4.86. The van der Waals surface area contributed by atoms with Crippen molar-refractivity contribution in [2.75, 3.05) is 13.1 Å². The minimum Gasteiger partial charge on any atom is -0.363 e. The fraction of sp³-hybridized carbons (Fsp3) is 0.733. The first-order valence-corrected chi connectivity index (χ1v) is 9.30. The van der Waals surface area contributed by atoms with Crippen molar-refractivity contribution in [3.8, 4) is 0 Å². The number of hydrogen-bond donors (Lipinski definition) is 2. The quantitative estimate of drug-likeness (QED) is 0.873. The number of hydrogen-bond acceptors (Lipinski definition) is 3. The van der Waals surface area contributed by atoms with E-state index >= 15 is 0 Å². The molecule has 3 rings (SSSR count). The van der Waals surface area contributed by atoms with Crippen molar-refractivity contribution < 1.29 is 8.42 Å². The molecule has 2 N–H and O–H groups in total. The van der Waals surface area contributed by atoms with Crippen molar-refractivity contribution in [3.63, 3.8) is 0 Å². The Labute approximate surface area is 127 Å². The maximum atomic E-state index is 12.7. The molecule has 2 atom stereocenters. The monoisotopic (exact) mass is 311 g/mol. The molecule has 0 spiro atoms. The highest BCUT2D eigenvalue weighted by molar-refractivity contribution is 7.89. The highest BCUT2D eigenvalue weighted by Gasteiger charge is 2.32. The zero-order chi connectivity index (χ0) is 15.0. The molecule has 2 fully saturated rings. The molecule has 5 nitrogen and oxygen atoms in total. The van der Waals surface area contributed by atoms with E-state index in [0.717, 1.165) is 12.1 Å². The Hall–Kier alpha value is -0.850. The van der Waals surface area contributed by atoms with Crippen LogP contribution in [0, 0.1) is 11.8 Å².